The summed E-state index contributed by atoms with van der Waals surface area (Å²) in [4.78, 5) is 18.9. The van der Waals surface area contributed by atoms with E-state index in [2.05, 4.69) is 10.1 Å². The van der Waals surface area contributed by atoms with Crippen molar-refractivity contribution in [1.29, 1.82) is 0 Å². The number of nitrogens with one attached hydrogen (secondary N) is 1. The fourth-order valence-corrected chi connectivity index (χ4v) is 5.29. The zero-order valence-electron chi connectivity index (χ0n) is 16.4. The molecule has 9 heteroatoms. The predicted octanol–water partition coefficient (Wildman–Crippen LogP) is 1.89. The summed E-state index contributed by atoms with van der Waals surface area (Å²) in [5, 5.41) is 15.1. The number of quaternary nitrogens is 1. The first-order valence-electron chi connectivity index (χ1n) is 9.80. The van der Waals surface area contributed by atoms with Crippen LogP contribution in [0, 0.1) is 18.7 Å². The number of ether oxygens (including phenoxy) is 1. The lowest BCUT2D eigenvalue weighted by molar-refractivity contribution is -0.932. The number of piperidine rings is 1. The largest absolute Gasteiger partial charge is 0.492 e. The third kappa shape index (κ3) is 3.72. The molecule has 0 amide bonds. The van der Waals surface area contributed by atoms with Crippen LogP contribution in [-0.4, -0.2) is 45.4 Å². The van der Waals surface area contributed by atoms with E-state index in [4.69, 9.17) is 4.74 Å². The zero-order valence-corrected chi connectivity index (χ0v) is 17.2. The van der Waals surface area contributed by atoms with Crippen molar-refractivity contribution in [1.82, 2.24) is 14.6 Å². The molecular formula is C20H24FN4O3S+. The second-order valence-corrected chi connectivity index (χ2v) is 8.31. The van der Waals surface area contributed by atoms with Gasteiger partial charge in [0.15, 0.2) is 6.04 Å². The number of nitrogens with zero attached hydrogens (tertiary/aromatic N) is 3. The van der Waals surface area contributed by atoms with Crippen LogP contribution in [0.4, 0.5) is 4.39 Å². The number of esters is 1. The Morgan fingerprint density at radius 3 is 3.00 bits per heavy atom. The first kappa shape index (κ1) is 19.8. The number of rotatable bonds is 5. The molecule has 154 valence electrons. The van der Waals surface area contributed by atoms with Crippen molar-refractivity contribution in [2.24, 2.45) is 5.92 Å². The van der Waals surface area contributed by atoms with Crippen LogP contribution in [0.25, 0.3) is 4.96 Å². The molecular weight excluding hydrogens is 395 g/mol. The van der Waals surface area contributed by atoms with Gasteiger partial charge in [0.05, 0.1) is 25.3 Å². The molecule has 1 aromatic carbocycles. The average molecular weight is 420 g/mol. The minimum Gasteiger partial charge on any atom is -0.492 e. The third-order valence-electron chi connectivity index (χ3n) is 5.37. The summed E-state index contributed by atoms with van der Waals surface area (Å²) in [6, 6.07) is 6.14. The fraction of sp³-hybridized carbons (Fsp3) is 0.450. The summed E-state index contributed by atoms with van der Waals surface area (Å²) in [5.74, 6) is -0.241. The Kier molecular flexibility index (Phi) is 5.51. The van der Waals surface area contributed by atoms with Crippen LogP contribution in [0.2, 0.25) is 0 Å². The Balaban J connectivity index is 1.76. The van der Waals surface area contributed by atoms with Gasteiger partial charge >= 0.3 is 5.97 Å². The molecule has 7 nitrogen and oxygen atoms in total. The van der Waals surface area contributed by atoms with Gasteiger partial charge in [0.2, 0.25) is 10.8 Å². The van der Waals surface area contributed by atoms with Gasteiger partial charge in [-0.2, -0.15) is 4.52 Å². The monoisotopic (exact) mass is 419 g/mol. The molecule has 4 rings (SSSR count). The van der Waals surface area contributed by atoms with Crippen molar-refractivity contribution in [3.8, 4) is 5.88 Å². The molecule has 1 fully saturated rings. The Morgan fingerprint density at radius 1 is 1.48 bits per heavy atom. The Bertz CT molecular complexity index is 1030. The molecule has 0 aliphatic carbocycles. The smallest absolute Gasteiger partial charge is 0.314 e. The summed E-state index contributed by atoms with van der Waals surface area (Å²) < 4.78 is 21.4. The molecule has 3 atom stereocenters. The topological polar surface area (TPSA) is 81.2 Å². The maximum absolute atomic E-state index is 14.8. The Labute approximate surface area is 171 Å². The van der Waals surface area contributed by atoms with Crippen molar-refractivity contribution in [2.75, 3.05) is 19.7 Å². The number of benzene rings is 1. The van der Waals surface area contributed by atoms with Crippen molar-refractivity contribution in [3.63, 3.8) is 0 Å². The van der Waals surface area contributed by atoms with Gasteiger partial charge < -0.3 is 14.7 Å². The highest BCUT2D eigenvalue weighted by atomic mass is 32.1. The van der Waals surface area contributed by atoms with Crippen LogP contribution in [0.5, 0.6) is 5.88 Å². The number of hydrogen-bond acceptors (Lipinski definition) is 6. The first-order valence-corrected chi connectivity index (χ1v) is 10.6. The van der Waals surface area contributed by atoms with Crippen LogP contribution in [-0.2, 0) is 9.53 Å². The van der Waals surface area contributed by atoms with E-state index in [-0.39, 0.29) is 23.6 Å². The number of fused-ring (bicyclic) bond motifs is 1. The van der Waals surface area contributed by atoms with E-state index in [1.54, 1.807) is 32.0 Å². The van der Waals surface area contributed by atoms with Gasteiger partial charge in [-0.25, -0.2) is 9.37 Å². The molecule has 0 spiro atoms. The van der Waals surface area contributed by atoms with E-state index in [0.717, 1.165) is 24.3 Å². The summed E-state index contributed by atoms with van der Waals surface area (Å²) in [5.41, 5.74) is 0.489. The van der Waals surface area contributed by atoms with Gasteiger partial charge in [-0.15, -0.1) is 5.10 Å². The highest BCUT2D eigenvalue weighted by molar-refractivity contribution is 7.17. The minimum atomic E-state index is -0.456. The minimum absolute atomic E-state index is 0.0235. The number of thiazole rings is 1. The van der Waals surface area contributed by atoms with Gasteiger partial charge in [0.25, 0.3) is 0 Å². The molecule has 3 heterocycles. The number of aromatic nitrogens is 3. The quantitative estimate of drug-likeness (QED) is 0.618. The number of carbonyl (C=O) groups excluding carboxylic acids is 1. The van der Waals surface area contributed by atoms with Crippen molar-refractivity contribution in [3.05, 3.63) is 46.3 Å². The summed E-state index contributed by atoms with van der Waals surface area (Å²) in [6.45, 7) is 5.18. The lowest BCUT2D eigenvalue weighted by atomic mass is 9.94. The van der Waals surface area contributed by atoms with E-state index >= 15 is 0 Å². The standard InChI is InChI=1S/C20H23FN4O3S/c1-3-28-19(27)13-7-6-10-24(11-13)16(14-8-4-5-9-15(14)21)17-18(26)25-20(29-17)22-12(2)23-25/h4-5,8-9,13,16,26H,3,6-7,10-11H2,1-2H3/p+1/t13-,16-/m0/s1. The van der Waals surface area contributed by atoms with Crippen LogP contribution in [0.3, 0.4) is 0 Å². The average Bonchev–Trinajstić information content (AvgIpc) is 3.21. The zero-order chi connectivity index (χ0) is 20.5. The molecule has 1 aliphatic rings. The molecule has 1 saturated heterocycles. The number of likely N-dealkylation sites (tertiary alicyclic amines) is 1. The highest BCUT2D eigenvalue weighted by Gasteiger charge is 2.39. The van der Waals surface area contributed by atoms with Crippen molar-refractivity contribution in [2.45, 2.75) is 32.7 Å². The van der Waals surface area contributed by atoms with E-state index < -0.39 is 6.04 Å². The van der Waals surface area contributed by atoms with Crippen LogP contribution in [0.15, 0.2) is 24.3 Å². The van der Waals surface area contributed by atoms with Crippen LogP contribution in [0.1, 0.15) is 42.1 Å². The van der Waals surface area contributed by atoms with Gasteiger partial charge in [-0.05, 0) is 38.8 Å². The van der Waals surface area contributed by atoms with E-state index in [9.17, 15) is 14.3 Å². The number of hydrogen-bond donors (Lipinski definition) is 2. The molecule has 2 N–H and O–H groups in total. The summed E-state index contributed by atoms with van der Waals surface area (Å²) in [7, 11) is 0. The SMILES string of the molecule is CCOC(=O)[C@H]1CCC[NH+]([C@@H](c2ccccc2F)c2sc3nc(C)nn3c2O)C1. The number of halogens is 1. The molecule has 1 aliphatic heterocycles. The molecule has 1 unspecified atom stereocenters. The lowest BCUT2D eigenvalue weighted by Gasteiger charge is -2.34. The molecule has 29 heavy (non-hydrogen) atoms. The number of aromatic hydroxyl groups is 1. The maximum Gasteiger partial charge on any atom is 0.314 e. The Morgan fingerprint density at radius 2 is 2.28 bits per heavy atom. The van der Waals surface area contributed by atoms with Crippen molar-refractivity contribution >= 4 is 22.3 Å². The molecule has 0 radical (unpaired) electrons. The number of aryl methyl sites for hydroxylation is 1. The summed E-state index contributed by atoms with van der Waals surface area (Å²) in [6.07, 6.45) is 1.58. The van der Waals surface area contributed by atoms with Crippen molar-refractivity contribution < 1.29 is 23.9 Å². The van der Waals surface area contributed by atoms with E-state index in [1.165, 1.54) is 21.9 Å². The molecule has 0 saturated carbocycles. The van der Waals surface area contributed by atoms with Crippen LogP contribution >= 0.6 is 11.3 Å². The lowest BCUT2D eigenvalue weighted by Crippen LogP contribution is -3.14. The van der Waals surface area contributed by atoms with E-state index in [1.807, 2.05) is 0 Å². The van der Waals surface area contributed by atoms with Crippen LogP contribution < -0.4 is 4.90 Å². The highest BCUT2D eigenvalue weighted by Crippen LogP contribution is 2.36. The van der Waals surface area contributed by atoms with Gasteiger partial charge in [0.1, 0.15) is 22.4 Å². The van der Waals surface area contributed by atoms with E-state index in [0.29, 0.717) is 34.4 Å². The Hall–Kier alpha value is -2.52. The fourth-order valence-electron chi connectivity index (χ4n) is 4.11. The molecule has 0 bridgehead atoms. The van der Waals surface area contributed by atoms with Gasteiger partial charge in [-0.3, -0.25) is 4.79 Å². The van der Waals surface area contributed by atoms with Gasteiger partial charge in [0, 0.05) is 0 Å². The van der Waals surface area contributed by atoms with Gasteiger partial charge in [-0.1, -0.05) is 23.5 Å². The normalized spacial score (nSPS) is 20.7. The molecule has 3 aromatic rings. The number of carbonyl (C=O) groups is 1. The second-order valence-electron chi connectivity index (χ2n) is 7.30. The first-order chi connectivity index (χ1) is 14.0. The summed E-state index contributed by atoms with van der Waals surface area (Å²) >= 11 is 1.31. The second kappa shape index (κ2) is 8.08. The predicted molar refractivity (Wildman–Crippen MR) is 106 cm³/mol. The molecule has 2 aromatic heterocycles. The third-order valence-corrected chi connectivity index (χ3v) is 6.46. The maximum atomic E-state index is 14.8.